The highest BCUT2D eigenvalue weighted by Crippen LogP contribution is 1.88. The van der Waals surface area contributed by atoms with Gasteiger partial charge in [-0.2, -0.15) is 0 Å². The van der Waals surface area contributed by atoms with Gasteiger partial charge in [-0.1, -0.05) is 6.42 Å². The molecule has 10 N–H and O–H groups in total. The fraction of sp³-hybridized carbons (Fsp3) is 0.714. The van der Waals surface area contributed by atoms with Crippen molar-refractivity contribution in [1.82, 2.24) is 0 Å². The second kappa shape index (κ2) is 18.3. The molecule has 0 rings (SSSR count). The summed E-state index contributed by atoms with van der Waals surface area (Å²) in [6, 6.07) is 0. The van der Waals surface area contributed by atoms with E-state index in [4.69, 9.17) is 31.3 Å². The smallest absolute Gasteiger partial charge is 0.402 e. The topological polar surface area (TPSA) is 179 Å². The maximum atomic E-state index is 8.78. The highest BCUT2D eigenvalue weighted by molar-refractivity contribution is 5.61. The maximum absolute atomic E-state index is 8.78. The van der Waals surface area contributed by atoms with Gasteiger partial charge in [-0.05, 0) is 25.9 Å². The van der Waals surface area contributed by atoms with Crippen molar-refractivity contribution >= 4 is 12.2 Å². The van der Waals surface area contributed by atoms with Crippen LogP contribution in [0.2, 0.25) is 0 Å². The average molecular weight is 224 g/mol. The zero-order valence-electron chi connectivity index (χ0n) is 8.56. The van der Waals surface area contributed by atoms with Crippen LogP contribution in [0.3, 0.4) is 0 Å². The molecular weight excluding hydrogens is 204 g/mol. The van der Waals surface area contributed by atoms with Crippen molar-refractivity contribution in [1.29, 1.82) is 0 Å². The van der Waals surface area contributed by atoms with E-state index >= 15 is 0 Å². The van der Waals surface area contributed by atoms with Crippen molar-refractivity contribution in [3.63, 3.8) is 0 Å². The predicted molar refractivity (Wildman–Crippen MR) is 56.4 cm³/mol. The number of primary amides is 2. The van der Waals surface area contributed by atoms with Gasteiger partial charge in [0.15, 0.2) is 0 Å². The molecule has 15 heavy (non-hydrogen) atoms. The lowest BCUT2D eigenvalue weighted by Gasteiger charge is -1.91. The van der Waals surface area contributed by atoms with Crippen molar-refractivity contribution in [3.05, 3.63) is 0 Å². The Morgan fingerprint density at radius 2 is 1.00 bits per heavy atom. The molecule has 0 aromatic carbocycles. The second-order valence-electron chi connectivity index (χ2n) is 2.31. The van der Waals surface area contributed by atoms with Crippen LogP contribution in [0.4, 0.5) is 9.59 Å². The Bertz CT molecular complexity index is 130. The molecule has 0 saturated heterocycles. The van der Waals surface area contributed by atoms with Crippen LogP contribution in [0.25, 0.3) is 0 Å². The van der Waals surface area contributed by atoms with Gasteiger partial charge in [-0.3, -0.25) is 0 Å². The van der Waals surface area contributed by atoms with Crippen LogP contribution in [0, 0.1) is 0 Å². The zero-order valence-corrected chi connectivity index (χ0v) is 8.56. The molecule has 0 saturated carbocycles. The van der Waals surface area contributed by atoms with Gasteiger partial charge in [0.25, 0.3) is 0 Å². The summed E-state index contributed by atoms with van der Waals surface area (Å²) >= 11 is 0. The Morgan fingerprint density at radius 1 is 0.800 bits per heavy atom. The SMILES string of the molecule is NC(=O)O.NC(=O)O.NCCCCCN. The van der Waals surface area contributed by atoms with Crippen LogP contribution in [-0.2, 0) is 0 Å². The number of rotatable bonds is 4. The van der Waals surface area contributed by atoms with Gasteiger partial charge in [0, 0.05) is 0 Å². The molecular formula is C7H20N4O4. The molecule has 0 aromatic heterocycles. The number of unbranched alkanes of at least 4 members (excludes halogenated alkanes) is 2. The highest BCUT2D eigenvalue weighted by atomic mass is 16.4. The first-order valence-electron chi connectivity index (χ1n) is 4.25. The zero-order chi connectivity index (χ0) is 12.7. The van der Waals surface area contributed by atoms with Gasteiger partial charge in [0.2, 0.25) is 0 Å². The monoisotopic (exact) mass is 224 g/mol. The van der Waals surface area contributed by atoms with Crippen molar-refractivity contribution < 1.29 is 19.8 Å². The molecule has 0 aliphatic carbocycles. The molecule has 0 radical (unpaired) electrons. The third kappa shape index (κ3) is 225. The van der Waals surface area contributed by atoms with E-state index in [0.29, 0.717) is 0 Å². The van der Waals surface area contributed by atoms with E-state index in [1.165, 1.54) is 6.42 Å². The summed E-state index contributed by atoms with van der Waals surface area (Å²) in [6.07, 6.45) is 0.765. The van der Waals surface area contributed by atoms with Crippen LogP contribution in [0.1, 0.15) is 19.3 Å². The number of carbonyl (C=O) groups is 2. The fourth-order valence-corrected chi connectivity index (χ4v) is 0.465. The summed E-state index contributed by atoms with van der Waals surface area (Å²) < 4.78 is 0. The van der Waals surface area contributed by atoms with Crippen molar-refractivity contribution in [2.45, 2.75) is 19.3 Å². The second-order valence-corrected chi connectivity index (χ2v) is 2.31. The van der Waals surface area contributed by atoms with E-state index in [0.717, 1.165) is 25.9 Å². The van der Waals surface area contributed by atoms with Gasteiger partial charge >= 0.3 is 12.2 Å². The maximum Gasteiger partial charge on any atom is 0.402 e. The third-order valence-electron chi connectivity index (χ3n) is 0.908. The molecule has 0 spiro atoms. The van der Waals surface area contributed by atoms with Crippen molar-refractivity contribution in [2.24, 2.45) is 22.9 Å². The number of amides is 2. The van der Waals surface area contributed by atoms with Crippen LogP contribution in [0.15, 0.2) is 0 Å². The summed E-state index contributed by atoms with van der Waals surface area (Å²) in [5.41, 5.74) is 18.5. The first-order valence-corrected chi connectivity index (χ1v) is 4.25. The summed E-state index contributed by atoms with van der Waals surface area (Å²) in [6.45, 7) is 1.61. The molecule has 0 aromatic rings. The van der Waals surface area contributed by atoms with E-state index in [2.05, 4.69) is 11.5 Å². The van der Waals surface area contributed by atoms with Gasteiger partial charge in [0.1, 0.15) is 0 Å². The standard InChI is InChI=1S/C5H14N2.2CH3NO2/c6-4-2-1-3-5-7;2*2-1(3)4/h1-7H2;2*2H2,(H,3,4). The predicted octanol–water partition coefficient (Wildman–Crippen LogP) is -0.680. The first-order chi connectivity index (χ1) is 6.88. The minimum absolute atomic E-state index is 0.806. The largest absolute Gasteiger partial charge is 0.465 e. The number of hydrogen-bond acceptors (Lipinski definition) is 4. The molecule has 0 aliphatic heterocycles. The minimum Gasteiger partial charge on any atom is -0.465 e. The molecule has 92 valence electrons. The summed E-state index contributed by atoms with van der Waals surface area (Å²) in [5.74, 6) is 0. The number of hydrogen-bond donors (Lipinski definition) is 6. The Hall–Kier alpha value is -1.54. The molecule has 0 atom stereocenters. The van der Waals surface area contributed by atoms with E-state index in [1.807, 2.05) is 0 Å². The van der Waals surface area contributed by atoms with Crippen LogP contribution >= 0.6 is 0 Å². The molecule has 0 bridgehead atoms. The first kappa shape index (κ1) is 19.1. The lowest BCUT2D eigenvalue weighted by molar-refractivity contribution is 0.204. The lowest BCUT2D eigenvalue weighted by Crippen LogP contribution is -2.03. The van der Waals surface area contributed by atoms with Gasteiger partial charge in [0.05, 0.1) is 0 Å². The third-order valence-corrected chi connectivity index (χ3v) is 0.908. The average Bonchev–Trinajstić information content (AvgIpc) is 2.03. The van der Waals surface area contributed by atoms with Gasteiger partial charge in [-0.15, -0.1) is 0 Å². The van der Waals surface area contributed by atoms with E-state index < -0.39 is 12.2 Å². The van der Waals surface area contributed by atoms with Gasteiger partial charge < -0.3 is 33.1 Å². The molecule has 0 heterocycles. The normalized spacial score (nSPS) is 7.60. The summed E-state index contributed by atoms with van der Waals surface area (Å²) in [4.78, 5) is 17.6. The highest BCUT2D eigenvalue weighted by Gasteiger charge is 1.80. The summed E-state index contributed by atoms with van der Waals surface area (Å²) in [7, 11) is 0. The molecule has 8 nitrogen and oxygen atoms in total. The lowest BCUT2D eigenvalue weighted by atomic mass is 10.2. The quantitative estimate of drug-likeness (QED) is 0.344. The Balaban J connectivity index is -0.000000155. The molecule has 0 unspecified atom stereocenters. The van der Waals surface area contributed by atoms with Crippen LogP contribution in [0.5, 0.6) is 0 Å². The van der Waals surface area contributed by atoms with Crippen LogP contribution < -0.4 is 22.9 Å². The Morgan fingerprint density at radius 3 is 1.13 bits per heavy atom. The summed E-state index contributed by atoms with van der Waals surface area (Å²) in [5, 5.41) is 14.4. The van der Waals surface area contributed by atoms with Crippen molar-refractivity contribution in [3.8, 4) is 0 Å². The molecule has 2 amide bonds. The Labute approximate surface area is 88.2 Å². The fourth-order valence-electron chi connectivity index (χ4n) is 0.465. The molecule has 0 aliphatic rings. The molecule has 8 heteroatoms. The van der Waals surface area contributed by atoms with E-state index in [-0.39, 0.29) is 0 Å². The number of nitrogens with two attached hydrogens (primary N) is 4. The van der Waals surface area contributed by atoms with E-state index in [1.54, 1.807) is 0 Å². The van der Waals surface area contributed by atoms with Gasteiger partial charge in [-0.25, -0.2) is 9.59 Å². The number of carboxylic acid groups (broad SMARTS) is 2. The minimum atomic E-state index is -1.33. The van der Waals surface area contributed by atoms with Crippen LogP contribution in [-0.4, -0.2) is 35.5 Å². The molecule has 0 fully saturated rings. The Kier molecular flexibility index (Phi) is 23.3. The van der Waals surface area contributed by atoms with Crippen molar-refractivity contribution in [2.75, 3.05) is 13.1 Å². The van der Waals surface area contributed by atoms with E-state index in [9.17, 15) is 0 Å².